The molecule has 1 aromatic carbocycles. The largest absolute Gasteiger partial charge is 0.327 e. The smallest absolute Gasteiger partial charge is 0.0449 e. The van der Waals surface area contributed by atoms with Gasteiger partial charge in [0.2, 0.25) is 0 Å². The molecule has 1 nitrogen and oxygen atoms in total. The van der Waals surface area contributed by atoms with Gasteiger partial charge in [0.05, 0.1) is 0 Å². The molecule has 0 amide bonds. The number of nitrogens with two attached hydrogens (primary N) is 1. The first kappa shape index (κ1) is 12.4. The summed E-state index contributed by atoms with van der Waals surface area (Å²) in [4.78, 5) is 0. The molecule has 1 aromatic rings. The van der Waals surface area contributed by atoms with Gasteiger partial charge in [0, 0.05) is 21.3 Å². The van der Waals surface area contributed by atoms with E-state index in [0.717, 1.165) is 27.2 Å². The Kier molecular flexibility index (Phi) is 5.31. The van der Waals surface area contributed by atoms with Crippen LogP contribution in [0.3, 0.4) is 0 Å². The van der Waals surface area contributed by atoms with E-state index in [1.165, 1.54) is 0 Å². The minimum Gasteiger partial charge on any atom is -0.327 e. The van der Waals surface area contributed by atoms with Crippen LogP contribution in [0.2, 0.25) is 5.02 Å². The van der Waals surface area contributed by atoms with Crippen LogP contribution in [0.1, 0.15) is 5.56 Å². The molecule has 0 aliphatic rings. The van der Waals surface area contributed by atoms with Gasteiger partial charge in [0.1, 0.15) is 0 Å². The quantitative estimate of drug-likeness (QED) is 0.922. The molecule has 0 saturated heterocycles. The van der Waals surface area contributed by atoms with E-state index in [1.807, 2.05) is 18.2 Å². The molecule has 1 rings (SSSR count). The second kappa shape index (κ2) is 6.01. The predicted octanol–water partition coefficient (Wildman–Crippen LogP) is 3.34. The van der Waals surface area contributed by atoms with Gasteiger partial charge in [-0.15, -0.1) is 0 Å². The Bertz CT molecular complexity index is 306. The molecule has 0 aliphatic carbocycles. The lowest BCUT2D eigenvalue weighted by molar-refractivity contribution is 0.749. The summed E-state index contributed by atoms with van der Waals surface area (Å²) >= 11 is 11.2. The van der Waals surface area contributed by atoms with Gasteiger partial charge in [-0.2, -0.15) is 11.8 Å². The van der Waals surface area contributed by atoms with Crippen molar-refractivity contribution in [1.82, 2.24) is 0 Å². The Morgan fingerprint density at radius 1 is 1.57 bits per heavy atom. The van der Waals surface area contributed by atoms with E-state index in [4.69, 9.17) is 17.3 Å². The summed E-state index contributed by atoms with van der Waals surface area (Å²) in [5, 5.41) is 0.788. The van der Waals surface area contributed by atoms with Gasteiger partial charge in [-0.3, -0.25) is 0 Å². The standard InChI is InChI=1S/C10H13BrClNS/c1-14-6-9(13)4-7-2-3-8(11)5-10(7)12/h2-3,5,9H,4,6,13H2,1H3. The van der Waals surface area contributed by atoms with Crippen LogP contribution in [0.15, 0.2) is 22.7 Å². The summed E-state index contributed by atoms with van der Waals surface area (Å²) in [5.74, 6) is 0.965. The third kappa shape index (κ3) is 3.81. The number of benzene rings is 1. The third-order valence-corrected chi connectivity index (χ3v) is 3.48. The highest BCUT2D eigenvalue weighted by Crippen LogP contribution is 2.22. The van der Waals surface area contributed by atoms with Crippen molar-refractivity contribution in [1.29, 1.82) is 0 Å². The lowest BCUT2D eigenvalue weighted by Crippen LogP contribution is -2.25. The average molecular weight is 295 g/mol. The second-order valence-corrected chi connectivity index (χ2v) is 5.39. The number of hydrogen-bond donors (Lipinski definition) is 1. The number of halogens is 2. The van der Waals surface area contributed by atoms with Gasteiger partial charge in [-0.25, -0.2) is 0 Å². The van der Waals surface area contributed by atoms with E-state index >= 15 is 0 Å². The van der Waals surface area contributed by atoms with Gasteiger partial charge < -0.3 is 5.73 Å². The van der Waals surface area contributed by atoms with Crippen LogP contribution < -0.4 is 5.73 Å². The molecular weight excluding hydrogens is 282 g/mol. The van der Waals surface area contributed by atoms with Crippen molar-refractivity contribution in [2.45, 2.75) is 12.5 Å². The number of thioether (sulfide) groups is 1. The fourth-order valence-electron chi connectivity index (χ4n) is 1.24. The van der Waals surface area contributed by atoms with Crippen LogP contribution in [0.5, 0.6) is 0 Å². The molecule has 1 unspecified atom stereocenters. The minimum absolute atomic E-state index is 0.184. The lowest BCUT2D eigenvalue weighted by atomic mass is 10.1. The normalized spacial score (nSPS) is 12.9. The zero-order chi connectivity index (χ0) is 10.6. The molecule has 0 spiro atoms. The summed E-state index contributed by atoms with van der Waals surface area (Å²) in [6.45, 7) is 0. The molecular formula is C10H13BrClNS. The van der Waals surface area contributed by atoms with E-state index in [2.05, 4.69) is 22.2 Å². The first-order chi connectivity index (χ1) is 6.63. The minimum atomic E-state index is 0.184. The number of hydrogen-bond acceptors (Lipinski definition) is 2. The first-order valence-corrected chi connectivity index (χ1v) is 6.88. The molecule has 0 fully saturated rings. The Balaban J connectivity index is 2.67. The van der Waals surface area contributed by atoms with E-state index in [1.54, 1.807) is 11.8 Å². The molecule has 2 N–H and O–H groups in total. The molecule has 0 bridgehead atoms. The van der Waals surface area contributed by atoms with Gasteiger partial charge in [0.25, 0.3) is 0 Å². The molecule has 4 heteroatoms. The highest BCUT2D eigenvalue weighted by atomic mass is 79.9. The summed E-state index contributed by atoms with van der Waals surface area (Å²) in [6, 6.07) is 6.10. The molecule has 14 heavy (non-hydrogen) atoms. The second-order valence-electron chi connectivity index (χ2n) is 3.16. The van der Waals surface area contributed by atoms with Crippen molar-refractivity contribution >= 4 is 39.3 Å². The maximum absolute atomic E-state index is 6.08. The maximum Gasteiger partial charge on any atom is 0.0449 e. The van der Waals surface area contributed by atoms with E-state index in [9.17, 15) is 0 Å². The monoisotopic (exact) mass is 293 g/mol. The van der Waals surface area contributed by atoms with Crippen molar-refractivity contribution in [3.63, 3.8) is 0 Å². The fraction of sp³-hybridized carbons (Fsp3) is 0.400. The van der Waals surface area contributed by atoms with Crippen LogP contribution in [0.4, 0.5) is 0 Å². The van der Waals surface area contributed by atoms with Gasteiger partial charge in [0.15, 0.2) is 0 Å². The van der Waals surface area contributed by atoms with E-state index in [-0.39, 0.29) is 6.04 Å². The SMILES string of the molecule is CSCC(N)Cc1ccc(Br)cc1Cl. The number of rotatable bonds is 4. The summed E-state index contributed by atoms with van der Waals surface area (Å²) < 4.78 is 1.00. The van der Waals surface area contributed by atoms with Crippen LogP contribution in [0.25, 0.3) is 0 Å². The molecule has 0 heterocycles. The maximum atomic E-state index is 6.08. The average Bonchev–Trinajstić information content (AvgIpc) is 2.10. The first-order valence-electron chi connectivity index (χ1n) is 4.32. The summed E-state index contributed by atoms with van der Waals surface area (Å²) in [5.41, 5.74) is 7.05. The topological polar surface area (TPSA) is 26.0 Å². The van der Waals surface area contributed by atoms with E-state index in [0.29, 0.717) is 0 Å². The van der Waals surface area contributed by atoms with Crippen LogP contribution in [-0.4, -0.2) is 18.1 Å². The molecule has 78 valence electrons. The van der Waals surface area contributed by atoms with Gasteiger partial charge >= 0.3 is 0 Å². The zero-order valence-electron chi connectivity index (χ0n) is 7.97. The van der Waals surface area contributed by atoms with Crippen molar-refractivity contribution in [2.75, 3.05) is 12.0 Å². The molecule has 0 aliphatic heterocycles. The fourth-order valence-corrected chi connectivity index (χ4v) is 2.54. The molecule has 1 atom stereocenters. The van der Waals surface area contributed by atoms with Crippen molar-refractivity contribution in [2.24, 2.45) is 5.73 Å². The zero-order valence-corrected chi connectivity index (χ0v) is 11.1. The van der Waals surface area contributed by atoms with Gasteiger partial charge in [-0.05, 0) is 30.4 Å². The Morgan fingerprint density at radius 2 is 2.29 bits per heavy atom. The van der Waals surface area contributed by atoms with Crippen molar-refractivity contribution in [3.8, 4) is 0 Å². The van der Waals surface area contributed by atoms with Crippen LogP contribution >= 0.6 is 39.3 Å². The molecule has 0 aromatic heterocycles. The summed E-state index contributed by atoms with van der Waals surface area (Å²) in [6.07, 6.45) is 2.90. The van der Waals surface area contributed by atoms with Crippen LogP contribution in [-0.2, 0) is 6.42 Å². The van der Waals surface area contributed by atoms with Crippen molar-refractivity contribution in [3.05, 3.63) is 33.3 Å². The predicted molar refractivity (Wildman–Crippen MR) is 69.2 cm³/mol. The van der Waals surface area contributed by atoms with E-state index < -0.39 is 0 Å². The lowest BCUT2D eigenvalue weighted by Gasteiger charge is -2.11. The molecule has 0 saturated carbocycles. The van der Waals surface area contributed by atoms with Crippen LogP contribution in [0, 0.1) is 0 Å². The van der Waals surface area contributed by atoms with Gasteiger partial charge in [-0.1, -0.05) is 33.6 Å². The highest BCUT2D eigenvalue weighted by Gasteiger charge is 2.06. The Hall–Kier alpha value is 0.300. The summed E-state index contributed by atoms with van der Waals surface area (Å²) in [7, 11) is 0. The highest BCUT2D eigenvalue weighted by molar-refractivity contribution is 9.10. The Morgan fingerprint density at radius 3 is 2.86 bits per heavy atom. The van der Waals surface area contributed by atoms with Crippen molar-refractivity contribution < 1.29 is 0 Å². The third-order valence-electron chi connectivity index (χ3n) is 1.88. The molecule has 0 radical (unpaired) electrons. The Labute approximate surface area is 103 Å².